The van der Waals surface area contributed by atoms with Crippen LogP contribution in [-0.2, 0) is 4.74 Å². The van der Waals surface area contributed by atoms with Crippen LogP contribution in [0.25, 0.3) is 0 Å². The molecule has 106 valence electrons. The van der Waals surface area contributed by atoms with Gasteiger partial charge < -0.3 is 14.7 Å². The maximum Gasteiger partial charge on any atom is 0.411 e. The number of hydrogen-bond acceptors (Lipinski definition) is 4. The molecule has 0 heterocycles. The van der Waals surface area contributed by atoms with Crippen molar-refractivity contribution in [3.05, 3.63) is 24.3 Å². The van der Waals surface area contributed by atoms with Crippen LogP contribution in [0.4, 0.5) is 16.2 Å². The summed E-state index contributed by atoms with van der Waals surface area (Å²) in [6.45, 7) is 7.15. The van der Waals surface area contributed by atoms with E-state index in [-0.39, 0.29) is 13.2 Å². The van der Waals surface area contributed by atoms with Gasteiger partial charge in [-0.2, -0.15) is 0 Å². The van der Waals surface area contributed by atoms with Crippen molar-refractivity contribution in [3.63, 3.8) is 0 Å². The third kappa shape index (κ3) is 4.79. The molecule has 0 saturated heterocycles. The number of nitrogens with one attached hydrogen (secondary N) is 1. The summed E-state index contributed by atoms with van der Waals surface area (Å²) in [6, 6.07) is 8.02. The van der Waals surface area contributed by atoms with E-state index in [1.807, 2.05) is 24.3 Å². The van der Waals surface area contributed by atoms with Crippen molar-refractivity contribution in [2.75, 3.05) is 30.0 Å². The minimum Gasteiger partial charge on any atom is -0.447 e. The van der Waals surface area contributed by atoms with Gasteiger partial charge in [0.25, 0.3) is 0 Å². The largest absolute Gasteiger partial charge is 0.447 e. The molecule has 0 bridgehead atoms. The number of amides is 1. The second kappa shape index (κ2) is 7.63. The fourth-order valence-corrected chi connectivity index (χ4v) is 1.87. The molecular formula is C14H22N2O3. The standard InChI is InChI=1S/C14H22N2O3/c1-4-16(11(2)3)13-7-5-12(6-8-13)15-14(18)19-10-9-17/h5-8,11,17H,4,9-10H2,1-3H3,(H,15,18). The van der Waals surface area contributed by atoms with Crippen LogP contribution >= 0.6 is 0 Å². The smallest absolute Gasteiger partial charge is 0.411 e. The fourth-order valence-electron chi connectivity index (χ4n) is 1.87. The summed E-state index contributed by atoms with van der Waals surface area (Å²) >= 11 is 0. The monoisotopic (exact) mass is 266 g/mol. The lowest BCUT2D eigenvalue weighted by atomic mass is 10.2. The number of nitrogens with zero attached hydrogens (tertiary/aromatic N) is 1. The number of hydrogen-bond donors (Lipinski definition) is 2. The van der Waals surface area contributed by atoms with Crippen LogP contribution in [0.15, 0.2) is 24.3 Å². The van der Waals surface area contributed by atoms with Gasteiger partial charge >= 0.3 is 6.09 Å². The van der Waals surface area contributed by atoms with E-state index in [0.29, 0.717) is 11.7 Å². The summed E-state index contributed by atoms with van der Waals surface area (Å²) in [4.78, 5) is 13.6. The zero-order chi connectivity index (χ0) is 14.3. The molecule has 0 aliphatic carbocycles. The quantitative estimate of drug-likeness (QED) is 0.830. The Morgan fingerprint density at radius 2 is 2.00 bits per heavy atom. The molecule has 0 unspecified atom stereocenters. The maximum atomic E-state index is 11.3. The van der Waals surface area contributed by atoms with Crippen LogP contribution in [0.2, 0.25) is 0 Å². The van der Waals surface area contributed by atoms with Crippen molar-refractivity contribution in [1.82, 2.24) is 0 Å². The molecule has 1 aromatic rings. The second-order valence-electron chi connectivity index (χ2n) is 4.41. The zero-order valence-electron chi connectivity index (χ0n) is 11.7. The number of carbonyl (C=O) groups is 1. The Morgan fingerprint density at radius 3 is 2.47 bits per heavy atom. The van der Waals surface area contributed by atoms with Crippen LogP contribution in [0.5, 0.6) is 0 Å². The molecule has 5 heteroatoms. The van der Waals surface area contributed by atoms with E-state index < -0.39 is 6.09 Å². The van der Waals surface area contributed by atoms with Gasteiger partial charge in [0.05, 0.1) is 6.61 Å². The SMILES string of the molecule is CCN(c1ccc(NC(=O)OCCO)cc1)C(C)C. The van der Waals surface area contributed by atoms with Crippen LogP contribution in [0.1, 0.15) is 20.8 Å². The van der Waals surface area contributed by atoms with E-state index in [4.69, 9.17) is 9.84 Å². The number of anilines is 2. The first kappa shape index (κ1) is 15.3. The first-order chi connectivity index (χ1) is 9.08. The zero-order valence-corrected chi connectivity index (χ0v) is 11.7. The molecule has 5 nitrogen and oxygen atoms in total. The Kier molecular flexibility index (Phi) is 6.15. The molecule has 2 N–H and O–H groups in total. The van der Waals surface area contributed by atoms with Gasteiger partial charge in [-0.1, -0.05) is 0 Å². The van der Waals surface area contributed by atoms with Crippen LogP contribution in [0.3, 0.4) is 0 Å². The molecule has 19 heavy (non-hydrogen) atoms. The summed E-state index contributed by atoms with van der Waals surface area (Å²) in [5, 5.41) is 11.1. The van der Waals surface area contributed by atoms with Crippen molar-refractivity contribution < 1.29 is 14.6 Å². The molecule has 0 atom stereocenters. The van der Waals surface area contributed by atoms with Gasteiger partial charge in [0, 0.05) is 24.0 Å². The first-order valence-electron chi connectivity index (χ1n) is 6.49. The topological polar surface area (TPSA) is 61.8 Å². The molecule has 0 saturated carbocycles. The molecule has 1 amide bonds. The Bertz CT molecular complexity index is 390. The van der Waals surface area contributed by atoms with E-state index in [2.05, 4.69) is 31.0 Å². The minimum absolute atomic E-state index is 0.000872. The summed E-state index contributed by atoms with van der Waals surface area (Å²) in [5.74, 6) is 0. The van der Waals surface area contributed by atoms with E-state index >= 15 is 0 Å². The van der Waals surface area contributed by atoms with Gasteiger partial charge in [-0.25, -0.2) is 4.79 Å². The average molecular weight is 266 g/mol. The Labute approximate surface area is 114 Å². The second-order valence-corrected chi connectivity index (χ2v) is 4.41. The summed E-state index contributed by atoms with van der Waals surface area (Å²) in [5.41, 5.74) is 1.79. The lowest BCUT2D eigenvalue weighted by Crippen LogP contribution is -2.30. The highest BCUT2D eigenvalue weighted by atomic mass is 16.6. The van der Waals surface area contributed by atoms with Crippen molar-refractivity contribution in [1.29, 1.82) is 0 Å². The summed E-state index contributed by atoms with van der Waals surface area (Å²) < 4.78 is 4.72. The summed E-state index contributed by atoms with van der Waals surface area (Å²) in [6.07, 6.45) is -0.557. The normalized spacial score (nSPS) is 10.4. The van der Waals surface area contributed by atoms with Crippen molar-refractivity contribution in [2.45, 2.75) is 26.8 Å². The lowest BCUT2D eigenvalue weighted by molar-refractivity contribution is 0.131. The number of aliphatic hydroxyl groups is 1. The highest BCUT2D eigenvalue weighted by molar-refractivity contribution is 5.84. The molecule has 0 aliphatic heterocycles. The predicted molar refractivity (Wildman–Crippen MR) is 76.7 cm³/mol. The molecule has 1 rings (SSSR count). The van der Waals surface area contributed by atoms with Gasteiger partial charge in [-0.3, -0.25) is 5.32 Å². The summed E-state index contributed by atoms with van der Waals surface area (Å²) in [7, 11) is 0. The van der Waals surface area contributed by atoms with Gasteiger partial charge in [0.2, 0.25) is 0 Å². The molecule has 1 aromatic carbocycles. The predicted octanol–water partition coefficient (Wildman–Crippen LogP) is 2.46. The van der Waals surface area contributed by atoms with E-state index in [1.54, 1.807) is 0 Å². The van der Waals surface area contributed by atoms with E-state index in [9.17, 15) is 4.79 Å². The Balaban J connectivity index is 2.63. The van der Waals surface area contributed by atoms with E-state index in [1.165, 1.54) is 0 Å². The minimum atomic E-state index is -0.557. The maximum absolute atomic E-state index is 11.3. The Hall–Kier alpha value is -1.75. The number of carbonyl (C=O) groups excluding carboxylic acids is 1. The average Bonchev–Trinajstić information content (AvgIpc) is 2.39. The van der Waals surface area contributed by atoms with Crippen molar-refractivity contribution >= 4 is 17.5 Å². The molecular weight excluding hydrogens is 244 g/mol. The van der Waals surface area contributed by atoms with Gasteiger partial charge in [-0.15, -0.1) is 0 Å². The van der Waals surface area contributed by atoms with Crippen LogP contribution in [0, 0.1) is 0 Å². The van der Waals surface area contributed by atoms with E-state index in [0.717, 1.165) is 12.2 Å². The van der Waals surface area contributed by atoms with Gasteiger partial charge in [-0.05, 0) is 45.0 Å². The van der Waals surface area contributed by atoms with Gasteiger partial charge in [0.15, 0.2) is 0 Å². The number of ether oxygens (including phenoxy) is 1. The molecule has 0 radical (unpaired) electrons. The van der Waals surface area contributed by atoms with Crippen LogP contribution in [-0.4, -0.2) is 37.0 Å². The molecule has 0 spiro atoms. The molecule has 0 aromatic heterocycles. The van der Waals surface area contributed by atoms with Crippen LogP contribution < -0.4 is 10.2 Å². The fraction of sp³-hybridized carbons (Fsp3) is 0.500. The van der Waals surface area contributed by atoms with Gasteiger partial charge in [0.1, 0.15) is 6.61 Å². The number of rotatable bonds is 6. The molecule has 0 fully saturated rings. The highest BCUT2D eigenvalue weighted by Gasteiger charge is 2.08. The molecule has 0 aliphatic rings. The first-order valence-corrected chi connectivity index (χ1v) is 6.49. The lowest BCUT2D eigenvalue weighted by Gasteiger charge is -2.27. The number of benzene rings is 1. The Morgan fingerprint density at radius 1 is 1.37 bits per heavy atom. The van der Waals surface area contributed by atoms with Crippen molar-refractivity contribution in [2.24, 2.45) is 0 Å². The number of aliphatic hydroxyl groups excluding tert-OH is 1. The van der Waals surface area contributed by atoms with Crippen molar-refractivity contribution in [3.8, 4) is 0 Å². The third-order valence-electron chi connectivity index (χ3n) is 2.73. The highest BCUT2D eigenvalue weighted by Crippen LogP contribution is 2.19. The third-order valence-corrected chi connectivity index (χ3v) is 2.73.